The number of benzene rings is 2. The van der Waals surface area contributed by atoms with Crippen LogP contribution in [0.5, 0.6) is 0 Å². The number of carbonyl (C=O) groups is 1. The molecule has 3 rings (SSSR count). The van der Waals surface area contributed by atoms with Crippen LogP contribution in [0.2, 0.25) is 0 Å². The number of nitrogens with zero attached hydrogens (tertiary/aromatic N) is 3. The van der Waals surface area contributed by atoms with Crippen molar-refractivity contribution < 1.29 is 9.18 Å². The van der Waals surface area contributed by atoms with Crippen LogP contribution in [0.1, 0.15) is 47.4 Å². The van der Waals surface area contributed by atoms with Gasteiger partial charge in [-0.25, -0.2) is 9.18 Å². The predicted molar refractivity (Wildman–Crippen MR) is 116 cm³/mol. The first-order valence-electron chi connectivity index (χ1n) is 10.1. The molecule has 0 fully saturated rings. The highest BCUT2D eigenvalue weighted by molar-refractivity contribution is 5.91. The summed E-state index contributed by atoms with van der Waals surface area (Å²) in [6, 6.07) is 10.9. The SMILES string of the molecule is CCC(C)NC(=O)c1nn(-c2ccc(C)c(C)c2)c(=O)n(Cc2ccccc2F)c1=O. The van der Waals surface area contributed by atoms with Crippen molar-refractivity contribution in [3.63, 3.8) is 0 Å². The molecule has 0 bridgehead atoms. The van der Waals surface area contributed by atoms with Crippen molar-refractivity contribution in [3.8, 4) is 5.69 Å². The third-order valence-electron chi connectivity index (χ3n) is 5.29. The lowest BCUT2D eigenvalue weighted by Crippen LogP contribution is -2.47. The van der Waals surface area contributed by atoms with Gasteiger partial charge in [-0.1, -0.05) is 31.2 Å². The van der Waals surface area contributed by atoms with E-state index in [1.165, 1.54) is 18.2 Å². The highest BCUT2D eigenvalue weighted by atomic mass is 19.1. The molecule has 1 N–H and O–H groups in total. The van der Waals surface area contributed by atoms with Gasteiger partial charge in [0.1, 0.15) is 5.82 Å². The predicted octanol–water partition coefficient (Wildman–Crippen LogP) is 2.73. The second-order valence-corrected chi connectivity index (χ2v) is 7.58. The van der Waals surface area contributed by atoms with E-state index in [-0.39, 0.29) is 18.2 Å². The van der Waals surface area contributed by atoms with E-state index in [2.05, 4.69) is 10.4 Å². The number of aromatic nitrogens is 3. The smallest absolute Gasteiger partial charge is 0.348 e. The molecule has 0 aliphatic rings. The van der Waals surface area contributed by atoms with Crippen LogP contribution in [0.3, 0.4) is 0 Å². The van der Waals surface area contributed by atoms with E-state index in [0.29, 0.717) is 12.1 Å². The molecule has 1 amide bonds. The lowest BCUT2D eigenvalue weighted by atomic mass is 10.1. The Morgan fingerprint density at radius 1 is 1.13 bits per heavy atom. The topological polar surface area (TPSA) is 86.0 Å². The lowest BCUT2D eigenvalue weighted by molar-refractivity contribution is 0.0929. The standard InChI is InChI=1S/C23H25FN4O3/c1-5-16(4)25-21(29)20-22(30)27(13-17-8-6-7-9-19(17)24)23(31)28(26-20)18-11-10-14(2)15(3)12-18/h6-12,16H,5,13H2,1-4H3,(H,25,29). The Hall–Kier alpha value is -3.55. The molecule has 7 nitrogen and oxygen atoms in total. The molecule has 162 valence electrons. The van der Waals surface area contributed by atoms with Crippen LogP contribution in [-0.4, -0.2) is 26.3 Å². The second kappa shape index (κ2) is 9.07. The minimum absolute atomic E-state index is 0.160. The summed E-state index contributed by atoms with van der Waals surface area (Å²) in [4.78, 5) is 38.9. The molecule has 0 aliphatic carbocycles. The number of nitrogens with one attached hydrogen (secondary N) is 1. The van der Waals surface area contributed by atoms with Crippen molar-refractivity contribution in [3.05, 3.63) is 91.5 Å². The van der Waals surface area contributed by atoms with Gasteiger partial charge in [0.05, 0.1) is 12.2 Å². The molecule has 0 spiro atoms. The van der Waals surface area contributed by atoms with Crippen LogP contribution in [0.15, 0.2) is 52.1 Å². The van der Waals surface area contributed by atoms with E-state index in [0.717, 1.165) is 20.4 Å². The normalized spacial score (nSPS) is 11.9. The number of amides is 1. The molecular weight excluding hydrogens is 399 g/mol. The fourth-order valence-electron chi connectivity index (χ4n) is 3.01. The van der Waals surface area contributed by atoms with E-state index in [4.69, 9.17) is 0 Å². The zero-order valence-electron chi connectivity index (χ0n) is 18.0. The first-order valence-corrected chi connectivity index (χ1v) is 10.1. The van der Waals surface area contributed by atoms with Crippen LogP contribution < -0.4 is 16.6 Å². The van der Waals surface area contributed by atoms with E-state index in [1.54, 1.807) is 25.1 Å². The average Bonchev–Trinajstić information content (AvgIpc) is 2.74. The average molecular weight is 424 g/mol. The van der Waals surface area contributed by atoms with Crippen LogP contribution in [0.25, 0.3) is 5.69 Å². The Morgan fingerprint density at radius 2 is 1.84 bits per heavy atom. The fraction of sp³-hybridized carbons (Fsp3) is 0.304. The summed E-state index contributed by atoms with van der Waals surface area (Å²) < 4.78 is 16.1. The first kappa shape index (κ1) is 22.1. The summed E-state index contributed by atoms with van der Waals surface area (Å²) >= 11 is 0. The van der Waals surface area contributed by atoms with Crippen molar-refractivity contribution in [1.29, 1.82) is 0 Å². The van der Waals surface area contributed by atoms with Crippen LogP contribution in [-0.2, 0) is 6.54 Å². The van der Waals surface area contributed by atoms with Gasteiger partial charge in [0.25, 0.3) is 11.5 Å². The monoisotopic (exact) mass is 424 g/mol. The molecule has 1 aromatic heterocycles. The highest BCUT2D eigenvalue weighted by Gasteiger charge is 2.22. The highest BCUT2D eigenvalue weighted by Crippen LogP contribution is 2.12. The summed E-state index contributed by atoms with van der Waals surface area (Å²) in [7, 11) is 0. The van der Waals surface area contributed by atoms with Gasteiger partial charge >= 0.3 is 5.69 Å². The molecule has 0 saturated carbocycles. The molecule has 1 heterocycles. The minimum atomic E-state index is -0.867. The molecule has 2 aromatic carbocycles. The molecule has 0 saturated heterocycles. The maximum Gasteiger partial charge on any atom is 0.352 e. The van der Waals surface area contributed by atoms with Gasteiger partial charge < -0.3 is 5.32 Å². The second-order valence-electron chi connectivity index (χ2n) is 7.58. The number of carbonyl (C=O) groups excluding carboxylic acids is 1. The van der Waals surface area contributed by atoms with Crippen LogP contribution >= 0.6 is 0 Å². The Labute approximate surface area is 179 Å². The summed E-state index contributed by atoms with van der Waals surface area (Å²) in [5.74, 6) is -1.23. The maximum atomic E-state index is 14.2. The summed E-state index contributed by atoms with van der Waals surface area (Å²) in [6.45, 7) is 7.19. The summed E-state index contributed by atoms with van der Waals surface area (Å²) in [5.41, 5.74) is 0.468. The van der Waals surface area contributed by atoms with Gasteiger partial charge in [-0.05, 0) is 56.5 Å². The van der Waals surface area contributed by atoms with Gasteiger partial charge in [-0.3, -0.25) is 14.2 Å². The molecule has 8 heteroatoms. The van der Waals surface area contributed by atoms with E-state index in [9.17, 15) is 18.8 Å². The van der Waals surface area contributed by atoms with E-state index < -0.39 is 28.7 Å². The summed E-state index contributed by atoms with van der Waals surface area (Å²) in [6.07, 6.45) is 0.659. The largest absolute Gasteiger partial charge is 0.352 e. The molecule has 0 radical (unpaired) electrons. The van der Waals surface area contributed by atoms with Crippen molar-refractivity contribution in [2.24, 2.45) is 0 Å². The van der Waals surface area contributed by atoms with Crippen molar-refractivity contribution in [2.45, 2.75) is 46.7 Å². The van der Waals surface area contributed by atoms with Gasteiger partial charge in [-0.2, -0.15) is 9.78 Å². The molecule has 0 aliphatic heterocycles. The minimum Gasteiger partial charge on any atom is -0.348 e. The van der Waals surface area contributed by atoms with Gasteiger partial charge in [0.2, 0.25) is 5.69 Å². The van der Waals surface area contributed by atoms with Gasteiger partial charge in [-0.15, -0.1) is 0 Å². The van der Waals surface area contributed by atoms with Gasteiger partial charge in [0, 0.05) is 11.6 Å². The van der Waals surface area contributed by atoms with Crippen LogP contribution in [0, 0.1) is 19.7 Å². The molecule has 1 atom stereocenters. The number of halogens is 1. The van der Waals surface area contributed by atoms with Crippen molar-refractivity contribution in [2.75, 3.05) is 0 Å². The number of rotatable bonds is 6. The zero-order valence-corrected chi connectivity index (χ0v) is 18.0. The molecular formula is C23H25FN4O3. The van der Waals surface area contributed by atoms with Crippen LogP contribution in [0.4, 0.5) is 4.39 Å². The third kappa shape index (κ3) is 4.63. The Bertz CT molecular complexity index is 1250. The lowest BCUT2D eigenvalue weighted by Gasteiger charge is -2.15. The Morgan fingerprint density at radius 3 is 2.48 bits per heavy atom. The summed E-state index contributed by atoms with van der Waals surface area (Å²) in [5, 5.41) is 6.79. The van der Waals surface area contributed by atoms with E-state index >= 15 is 0 Å². The zero-order chi connectivity index (χ0) is 22.7. The van der Waals surface area contributed by atoms with Crippen molar-refractivity contribution >= 4 is 5.91 Å². The number of hydrogen-bond donors (Lipinski definition) is 1. The van der Waals surface area contributed by atoms with Gasteiger partial charge in [0.15, 0.2) is 0 Å². The molecule has 31 heavy (non-hydrogen) atoms. The van der Waals surface area contributed by atoms with Crippen molar-refractivity contribution in [1.82, 2.24) is 19.7 Å². The Kier molecular flexibility index (Phi) is 6.48. The molecule has 1 unspecified atom stereocenters. The third-order valence-corrected chi connectivity index (χ3v) is 5.29. The van der Waals surface area contributed by atoms with E-state index in [1.807, 2.05) is 26.8 Å². The Balaban J connectivity index is 2.23. The quantitative estimate of drug-likeness (QED) is 0.659. The number of aryl methyl sites for hydroxylation is 2. The maximum absolute atomic E-state index is 14.2. The molecule has 3 aromatic rings. The first-order chi connectivity index (χ1) is 14.7. The number of hydrogen-bond acceptors (Lipinski definition) is 4. The fourth-order valence-corrected chi connectivity index (χ4v) is 3.01.